The van der Waals surface area contributed by atoms with Gasteiger partial charge in [0.2, 0.25) is 5.95 Å². The number of aromatic nitrogens is 4. The molecule has 0 radical (unpaired) electrons. The molecule has 1 aromatic carbocycles. The third-order valence-corrected chi connectivity index (χ3v) is 6.21. The van der Waals surface area contributed by atoms with Crippen LogP contribution in [0.5, 0.6) is 0 Å². The van der Waals surface area contributed by atoms with Gasteiger partial charge in [-0.1, -0.05) is 24.3 Å². The average Bonchev–Trinajstić information content (AvgIpc) is 3.30. The maximum Gasteiger partial charge on any atom is 0.227 e. The van der Waals surface area contributed by atoms with Gasteiger partial charge >= 0.3 is 0 Å². The van der Waals surface area contributed by atoms with E-state index in [2.05, 4.69) is 26.8 Å². The summed E-state index contributed by atoms with van der Waals surface area (Å²) in [5, 5.41) is 38.2. The average molecular weight is 457 g/mol. The number of rotatable bonds is 8. The molecule has 2 heterocycles. The molecule has 9 heteroatoms. The van der Waals surface area contributed by atoms with Crippen molar-refractivity contribution in [3.05, 3.63) is 54.0 Å². The van der Waals surface area contributed by atoms with E-state index in [0.717, 1.165) is 54.7 Å². The Hall–Kier alpha value is -3.79. The topological polar surface area (TPSA) is 135 Å². The van der Waals surface area contributed by atoms with Crippen LogP contribution in [0, 0.1) is 41.4 Å². The second kappa shape index (κ2) is 10.9. The highest BCUT2D eigenvalue weighted by atomic mass is 16.3. The van der Waals surface area contributed by atoms with Crippen molar-refractivity contribution < 1.29 is 5.11 Å². The Labute approximate surface area is 199 Å². The molecule has 1 aliphatic rings. The van der Waals surface area contributed by atoms with Crippen LogP contribution < -0.4 is 10.6 Å². The molecule has 1 aliphatic carbocycles. The first-order chi connectivity index (χ1) is 16.6. The largest absolute Gasteiger partial charge is 0.374 e. The van der Waals surface area contributed by atoms with Gasteiger partial charge in [-0.05, 0) is 49.7 Å². The molecule has 9 nitrogen and oxygen atoms in total. The smallest absolute Gasteiger partial charge is 0.227 e. The van der Waals surface area contributed by atoms with E-state index in [4.69, 9.17) is 15.5 Å². The summed E-state index contributed by atoms with van der Waals surface area (Å²) in [4.78, 5) is 9.10. The summed E-state index contributed by atoms with van der Waals surface area (Å²) in [6.45, 7) is 2.87. The van der Waals surface area contributed by atoms with Gasteiger partial charge < -0.3 is 10.4 Å². The minimum atomic E-state index is -0.893. The second-order valence-electron chi connectivity index (χ2n) is 8.71. The summed E-state index contributed by atoms with van der Waals surface area (Å²) in [6.07, 6.45) is 8.70. The number of nitriles is 2. The lowest BCUT2D eigenvalue weighted by molar-refractivity contribution is 0.144. The lowest BCUT2D eigenvalue weighted by Gasteiger charge is -2.24. The Morgan fingerprint density at radius 1 is 1.15 bits per heavy atom. The molecule has 174 valence electrons. The van der Waals surface area contributed by atoms with Crippen LogP contribution >= 0.6 is 0 Å². The van der Waals surface area contributed by atoms with Gasteiger partial charge in [-0.2, -0.15) is 15.6 Å². The van der Waals surface area contributed by atoms with Crippen LogP contribution in [-0.4, -0.2) is 31.4 Å². The monoisotopic (exact) mass is 456 g/mol. The Morgan fingerprint density at radius 2 is 1.91 bits per heavy atom. The number of aliphatic hydroxyl groups excluding tert-OH is 1. The van der Waals surface area contributed by atoms with Crippen molar-refractivity contribution in [3.63, 3.8) is 0 Å². The maximum absolute atomic E-state index is 10.1. The summed E-state index contributed by atoms with van der Waals surface area (Å²) in [7, 11) is 0. The molecule has 0 amide bonds. The van der Waals surface area contributed by atoms with Crippen molar-refractivity contribution >= 4 is 11.6 Å². The molecule has 0 bridgehead atoms. The fraction of sp³-hybridized carbons (Fsp3) is 0.400. The number of aliphatic hydroxyl groups is 1. The van der Waals surface area contributed by atoms with Gasteiger partial charge in [0.1, 0.15) is 6.23 Å². The molecule has 3 N–H and O–H groups in total. The van der Waals surface area contributed by atoms with Gasteiger partial charge in [0.25, 0.3) is 0 Å². The van der Waals surface area contributed by atoms with E-state index in [0.29, 0.717) is 17.4 Å². The van der Waals surface area contributed by atoms with Crippen molar-refractivity contribution in [2.24, 2.45) is 11.8 Å². The number of benzene rings is 1. The zero-order valence-corrected chi connectivity index (χ0v) is 19.1. The molecule has 1 fully saturated rings. The molecule has 34 heavy (non-hydrogen) atoms. The Balaban J connectivity index is 1.41. The Bertz CT molecular complexity index is 1180. The highest BCUT2D eigenvalue weighted by molar-refractivity contribution is 5.65. The number of nitrogens with one attached hydrogen (secondary N) is 2. The fourth-order valence-electron chi connectivity index (χ4n) is 4.27. The van der Waals surface area contributed by atoms with Crippen molar-refractivity contribution in [2.75, 3.05) is 11.9 Å². The van der Waals surface area contributed by atoms with Gasteiger partial charge in [0.05, 0.1) is 36.3 Å². The number of hydrogen-bond donors (Lipinski definition) is 3. The number of aryl methyl sites for hydroxylation is 1. The van der Waals surface area contributed by atoms with Crippen LogP contribution in [0.25, 0.3) is 11.3 Å². The van der Waals surface area contributed by atoms with Crippen LogP contribution in [-0.2, 0) is 6.54 Å². The summed E-state index contributed by atoms with van der Waals surface area (Å²) >= 11 is 0. The lowest BCUT2D eigenvalue weighted by Crippen LogP contribution is -2.20. The summed E-state index contributed by atoms with van der Waals surface area (Å²) < 4.78 is 1.94. The molecule has 1 saturated carbocycles. The van der Waals surface area contributed by atoms with Gasteiger partial charge in [0, 0.05) is 30.4 Å². The summed E-state index contributed by atoms with van der Waals surface area (Å²) in [6, 6.07) is 11.7. The summed E-state index contributed by atoms with van der Waals surface area (Å²) in [5.74, 6) is 1.24. The zero-order chi connectivity index (χ0) is 23.9. The second-order valence-corrected chi connectivity index (χ2v) is 8.71. The molecule has 4 rings (SSSR count). The molecule has 1 unspecified atom stereocenters. The zero-order valence-electron chi connectivity index (χ0n) is 19.1. The van der Waals surface area contributed by atoms with E-state index in [-0.39, 0.29) is 12.5 Å². The SMILES string of the molecule is Cc1cnc(Nc2cnn(CC3CCC(C#N)CC3)c2)nc1-c1ccc(C(O)NCC#N)cc1. The highest BCUT2D eigenvalue weighted by Crippen LogP contribution is 2.29. The normalized spacial score (nSPS) is 18.6. The summed E-state index contributed by atoms with van der Waals surface area (Å²) in [5.41, 5.74) is 4.14. The first kappa shape index (κ1) is 23.4. The van der Waals surface area contributed by atoms with Crippen LogP contribution in [0.1, 0.15) is 43.0 Å². The van der Waals surface area contributed by atoms with Gasteiger partial charge in [-0.3, -0.25) is 10.00 Å². The highest BCUT2D eigenvalue weighted by Gasteiger charge is 2.21. The van der Waals surface area contributed by atoms with Crippen LogP contribution in [0.3, 0.4) is 0 Å². The lowest BCUT2D eigenvalue weighted by atomic mass is 9.83. The van der Waals surface area contributed by atoms with Crippen LogP contribution in [0.15, 0.2) is 42.9 Å². The predicted molar refractivity (Wildman–Crippen MR) is 127 cm³/mol. The molecule has 0 saturated heterocycles. The molecule has 0 spiro atoms. The molecule has 2 aromatic heterocycles. The van der Waals surface area contributed by atoms with Gasteiger partial charge in [-0.15, -0.1) is 0 Å². The van der Waals surface area contributed by atoms with Crippen molar-refractivity contribution in [1.29, 1.82) is 10.5 Å². The van der Waals surface area contributed by atoms with E-state index >= 15 is 0 Å². The molecular weight excluding hydrogens is 428 g/mol. The van der Waals surface area contributed by atoms with Crippen molar-refractivity contribution in [2.45, 2.75) is 45.4 Å². The Morgan fingerprint density at radius 3 is 2.62 bits per heavy atom. The standard InChI is InChI=1S/C25H28N8O/c1-17-13-29-25(32-23(17)20-6-8-21(9-7-20)24(34)28-11-10-26)31-22-14-30-33(16-22)15-19-4-2-18(12-27)3-5-19/h6-9,13-14,16,18-19,24,28,34H,2-5,11,15H2,1H3,(H,29,31,32). The number of hydrogen-bond acceptors (Lipinski definition) is 8. The first-order valence-electron chi connectivity index (χ1n) is 11.5. The van der Waals surface area contributed by atoms with E-state index in [1.807, 2.05) is 48.1 Å². The number of anilines is 2. The molecule has 3 aromatic rings. The predicted octanol–water partition coefficient (Wildman–Crippen LogP) is 3.83. The van der Waals surface area contributed by atoms with Crippen molar-refractivity contribution in [1.82, 2.24) is 25.1 Å². The molecule has 1 atom stereocenters. The maximum atomic E-state index is 10.1. The van der Waals surface area contributed by atoms with Crippen LogP contribution in [0.4, 0.5) is 11.6 Å². The first-order valence-corrected chi connectivity index (χ1v) is 11.5. The third-order valence-electron chi connectivity index (χ3n) is 6.21. The van der Waals surface area contributed by atoms with Crippen LogP contribution in [0.2, 0.25) is 0 Å². The minimum absolute atomic E-state index is 0.0713. The quantitative estimate of drug-likeness (QED) is 0.344. The van der Waals surface area contributed by atoms with Gasteiger partial charge in [0.15, 0.2) is 0 Å². The van der Waals surface area contributed by atoms with Gasteiger partial charge in [-0.25, -0.2) is 9.97 Å². The fourth-order valence-corrected chi connectivity index (χ4v) is 4.27. The molecule has 0 aliphatic heterocycles. The van der Waals surface area contributed by atoms with E-state index in [1.54, 1.807) is 12.4 Å². The van der Waals surface area contributed by atoms with E-state index in [9.17, 15) is 5.11 Å². The van der Waals surface area contributed by atoms with E-state index < -0.39 is 6.23 Å². The number of nitrogens with zero attached hydrogens (tertiary/aromatic N) is 6. The molecular formula is C25H28N8O. The Kier molecular flexibility index (Phi) is 7.48. The van der Waals surface area contributed by atoms with E-state index in [1.165, 1.54) is 0 Å². The third kappa shape index (κ3) is 5.76. The minimum Gasteiger partial charge on any atom is -0.374 e. The van der Waals surface area contributed by atoms with Crippen molar-refractivity contribution in [3.8, 4) is 23.4 Å².